The van der Waals surface area contributed by atoms with Crippen molar-refractivity contribution in [3.05, 3.63) is 41.4 Å². The van der Waals surface area contributed by atoms with Crippen LogP contribution >= 0.6 is 11.3 Å². The van der Waals surface area contributed by atoms with E-state index < -0.39 is 0 Å². The van der Waals surface area contributed by atoms with Crippen molar-refractivity contribution in [3.63, 3.8) is 0 Å². The van der Waals surface area contributed by atoms with Crippen molar-refractivity contribution < 1.29 is 9.59 Å². The van der Waals surface area contributed by atoms with Gasteiger partial charge in [-0.3, -0.25) is 9.69 Å². The van der Waals surface area contributed by atoms with E-state index in [2.05, 4.69) is 15.6 Å². The first kappa shape index (κ1) is 16.0. The van der Waals surface area contributed by atoms with Gasteiger partial charge >= 0.3 is 6.03 Å². The van der Waals surface area contributed by atoms with Gasteiger partial charge in [-0.05, 0) is 38.1 Å². The number of thiazole rings is 1. The molecule has 0 fully saturated rings. The molecule has 1 aromatic carbocycles. The Labute approximate surface area is 133 Å². The largest absolute Gasteiger partial charge is 0.336 e. The lowest BCUT2D eigenvalue weighted by molar-refractivity contribution is 0.0993. The Kier molecular flexibility index (Phi) is 5.11. The van der Waals surface area contributed by atoms with Crippen molar-refractivity contribution >= 4 is 34.1 Å². The molecule has 0 saturated heterocycles. The van der Waals surface area contributed by atoms with Crippen LogP contribution in [0.2, 0.25) is 0 Å². The summed E-state index contributed by atoms with van der Waals surface area (Å²) in [6, 6.07) is 6.54. The van der Waals surface area contributed by atoms with Crippen LogP contribution in [0.4, 0.5) is 15.6 Å². The number of nitrogens with one attached hydrogen (secondary N) is 2. The summed E-state index contributed by atoms with van der Waals surface area (Å²) >= 11 is 1.40. The number of aromatic nitrogens is 1. The number of carbonyl (C=O) groups is 2. The summed E-state index contributed by atoms with van der Waals surface area (Å²) in [7, 11) is 1.68. The van der Waals surface area contributed by atoms with Crippen molar-refractivity contribution in [1.29, 1.82) is 0 Å². The summed E-state index contributed by atoms with van der Waals surface area (Å²) < 4.78 is 0. The quantitative estimate of drug-likeness (QED) is 0.910. The fourth-order valence-corrected chi connectivity index (χ4v) is 2.39. The summed E-state index contributed by atoms with van der Waals surface area (Å²) in [5.41, 5.74) is 1.17. The Hall–Kier alpha value is -2.41. The molecule has 116 valence electrons. The normalized spacial score (nSPS) is 10.4. The van der Waals surface area contributed by atoms with Gasteiger partial charge in [0.2, 0.25) is 0 Å². The Bertz CT molecular complexity index is 638. The number of urea groups is 1. The van der Waals surface area contributed by atoms with Gasteiger partial charge in [-0.2, -0.15) is 0 Å². The third-order valence-corrected chi connectivity index (χ3v) is 3.67. The van der Waals surface area contributed by atoms with E-state index in [1.807, 2.05) is 19.2 Å². The van der Waals surface area contributed by atoms with Crippen LogP contribution in [-0.4, -0.2) is 30.0 Å². The second kappa shape index (κ2) is 7.04. The maximum Gasteiger partial charge on any atom is 0.319 e. The molecule has 0 bridgehead atoms. The molecule has 0 aliphatic heterocycles. The van der Waals surface area contributed by atoms with Crippen LogP contribution in [0.3, 0.4) is 0 Å². The standard InChI is InChI=1S/C15H18N4O2S/c1-10(2)17-14(21)18-12-6-4-11(5-7-12)13(20)19(3)15-16-8-9-22-15/h4-10H,1-3H3,(H2,17,18,21). The lowest BCUT2D eigenvalue weighted by atomic mass is 10.2. The van der Waals surface area contributed by atoms with Gasteiger partial charge < -0.3 is 10.6 Å². The second-order valence-corrected chi connectivity index (χ2v) is 5.88. The molecule has 0 aliphatic rings. The number of amides is 3. The Balaban J connectivity index is 2.02. The zero-order valence-corrected chi connectivity index (χ0v) is 13.5. The van der Waals surface area contributed by atoms with Crippen LogP contribution in [0.25, 0.3) is 0 Å². The van der Waals surface area contributed by atoms with Gasteiger partial charge in [0, 0.05) is 35.9 Å². The molecule has 1 aromatic heterocycles. The topological polar surface area (TPSA) is 74.3 Å². The number of benzene rings is 1. The van der Waals surface area contributed by atoms with Crippen molar-refractivity contribution in [2.75, 3.05) is 17.3 Å². The number of hydrogen-bond donors (Lipinski definition) is 2. The molecule has 1 heterocycles. The third-order valence-electron chi connectivity index (χ3n) is 2.82. The molecule has 22 heavy (non-hydrogen) atoms. The van der Waals surface area contributed by atoms with Gasteiger partial charge in [-0.1, -0.05) is 0 Å². The second-order valence-electron chi connectivity index (χ2n) is 5.01. The summed E-state index contributed by atoms with van der Waals surface area (Å²) in [6.07, 6.45) is 1.66. The third kappa shape index (κ3) is 4.05. The fourth-order valence-electron chi connectivity index (χ4n) is 1.79. The van der Waals surface area contributed by atoms with E-state index in [1.54, 1.807) is 37.5 Å². The van der Waals surface area contributed by atoms with Crippen molar-refractivity contribution in [2.45, 2.75) is 19.9 Å². The molecule has 0 aliphatic carbocycles. The molecule has 0 saturated carbocycles. The van der Waals surface area contributed by atoms with Gasteiger partial charge in [0.15, 0.2) is 5.13 Å². The summed E-state index contributed by atoms with van der Waals surface area (Å²) in [5.74, 6) is -0.145. The van der Waals surface area contributed by atoms with Crippen LogP contribution in [-0.2, 0) is 0 Å². The number of carbonyl (C=O) groups excluding carboxylic acids is 2. The predicted molar refractivity (Wildman–Crippen MR) is 88.6 cm³/mol. The van der Waals surface area contributed by atoms with E-state index >= 15 is 0 Å². The highest BCUT2D eigenvalue weighted by Gasteiger charge is 2.15. The van der Waals surface area contributed by atoms with Gasteiger partial charge in [-0.15, -0.1) is 11.3 Å². The lowest BCUT2D eigenvalue weighted by Crippen LogP contribution is -2.34. The summed E-state index contributed by atoms with van der Waals surface area (Å²) in [5, 5.41) is 7.91. The molecule has 7 heteroatoms. The number of anilines is 2. The van der Waals surface area contributed by atoms with Gasteiger partial charge in [-0.25, -0.2) is 9.78 Å². The molecule has 3 amide bonds. The summed E-state index contributed by atoms with van der Waals surface area (Å²) in [6.45, 7) is 3.77. The maximum atomic E-state index is 12.3. The van der Waals surface area contributed by atoms with Crippen molar-refractivity contribution in [2.24, 2.45) is 0 Å². The van der Waals surface area contributed by atoms with Crippen LogP contribution in [0.15, 0.2) is 35.8 Å². The van der Waals surface area contributed by atoms with Crippen molar-refractivity contribution in [3.8, 4) is 0 Å². The minimum atomic E-state index is -0.269. The molecule has 0 unspecified atom stereocenters. The molecule has 2 rings (SSSR count). The first-order chi connectivity index (χ1) is 10.5. The van der Waals surface area contributed by atoms with Gasteiger partial charge in [0.1, 0.15) is 0 Å². The fraction of sp³-hybridized carbons (Fsp3) is 0.267. The van der Waals surface area contributed by atoms with E-state index in [9.17, 15) is 9.59 Å². The number of nitrogens with zero attached hydrogens (tertiary/aromatic N) is 2. The first-order valence-electron chi connectivity index (χ1n) is 6.82. The number of hydrogen-bond acceptors (Lipinski definition) is 4. The van der Waals surface area contributed by atoms with E-state index in [1.165, 1.54) is 16.2 Å². The molecule has 0 atom stereocenters. The molecule has 0 radical (unpaired) electrons. The Morgan fingerprint density at radius 1 is 1.23 bits per heavy atom. The molecule has 6 nitrogen and oxygen atoms in total. The highest BCUT2D eigenvalue weighted by molar-refractivity contribution is 7.13. The van der Waals surface area contributed by atoms with E-state index in [-0.39, 0.29) is 18.0 Å². The Morgan fingerprint density at radius 3 is 2.45 bits per heavy atom. The van der Waals surface area contributed by atoms with Crippen LogP contribution in [0.5, 0.6) is 0 Å². The SMILES string of the molecule is CC(C)NC(=O)Nc1ccc(C(=O)N(C)c2nccs2)cc1. The molecular weight excluding hydrogens is 300 g/mol. The first-order valence-corrected chi connectivity index (χ1v) is 7.70. The lowest BCUT2D eigenvalue weighted by Gasteiger charge is -2.14. The predicted octanol–water partition coefficient (Wildman–Crippen LogP) is 2.95. The van der Waals surface area contributed by atoms with Crippen molar-refractivity contribution in [1.82, 2.24) is 10.3 Å². The minimum absolute atomic E-state index is 0.0628. The molecule has 0 spiro atoms. The van der Waals surface area contributed by atoms with Crippen LogP contribution in [0.1, 0.15) is 24.2 Å². The minimum Gasteiger partial charge on any atom is -0.336 e. The highest BCUT2D eigenvalue weighted by atomic mass is 32.1. The average molecular weight is 318 g/mol. The zero-order valence-electron chi connectivity index (χ0n) is 12.7. The van der Waals surface area contributed by atoms with E-state index in [0.717, 1.165) is 0 Å². The monoisotopic (exact) mass is 318 g/mol. The molecule has 2 aromatic rings. The Morgan fingerprint density at radius 2 is 1.91 bits per heavy atom. The van der Waals surface area contributed by atoms with Gasteiger partial charge in [0.25, 0.3) is 5.91 Å². The van der Waals surface area contributed by atoms with Crippen LogP contribution in [0, 0.1) is 0 Å². The highest BCUT2D eigenvalue weighted by Crippen LogP contribution is 2.19. The van der Waals surface area contributed by atoms with E-state index in [0.29, 0.717) is 16.4 Å². The van der Waals surface area contributed by atoms with E-state index in [4.69, 9.17) is 0 Å². The summed E-state index contributed by atoms with van der Waals surface area (Å²) in [4.78, 5) is 29.5. The van der Waals surface area contributed by atoms with Crippen LogP contribution < -0.4 is 15.5 Å². The molecule has 2 N–H and O–H groups in total. The maximum absolute atomic E-state index is 12.3. The average Bonchev–Trinajstić information content (AvgIpc) is 2.99. The van der Waals surface area contributed by atoms with Gasteiger partial charge in [0.05, 0.1) is 0 Å². The zero-order chi connectivity index (χ0) is 16.1. The number of rotatable bonds is 4. The smallest absolute Gasteiger partial charge is 0.319 e. The molecular formula is C15H18N4O2S.